The molecule has 0 aromatic rings. The van der Waals surface area contributed by atoms with Gasteiger partial charge in [-0.25, -0.2) is 0 Å². The smallest absolute Gasteiger partial charge is 0.00671 e. The third kappa shape index (κ3) is 4.91. The van der Waals surface area contributed by atoms with Crippen molar-refractivity contribution in [2.75, 3.05) is 6.54 Å². The summed E-state index contributed by atoms with van der Waals surface area (Å²) in [6.45, 7) is 6.13. The van der Waals surface area contributed by atoms with E-state index in [4.69, 9.17) is 0 Å². The minimum atomic E-state index is 0.830. The quantitative estimate of drug-likeness (QED) is 0.710. The molecule has 4 unspecified atom stereocenters. The summed E-state index contributed by atoms with van der Waals surface area (Å²) in [5.41, 5.74) is 0. The van der Waals surface area contributed by atoms with Gasteiger partial charge in [0.2, 0.25) is 0 Å². The van der Waals surface area contributed by atoms with Crippen LogP contribution >= 0.6 is 0 Å². The van der Waals surface area contributed by atoms with Crippen molar-refractivity contribution in [2.45, 2.75) is 84.1 Å². The molecule has 2 aliphatic carbocycles. The van der Waals surface area contributed by atoms with E-state index in [1.807, 2.05) is 0 Å². The van der Waals surface area contributed by atoms with E-state index in [2.05, 4.69) is 19.2 Å². The average Bonchev–Trinajstić information content (AvgIpc) is 2.55. The predicted octanol–water partition coefficient (Wildman–Crippen LogP) is 4.76. The van der Waals surface area contributed by atoms with Crippen molar-refractivity contribution in [3.8, 4) is 0 Å². The molecule has 0 bridgehead atoms. The summed E-state index contributed by atoms with van der Waals surface area (Å²) >= 11 is 0. The Labute approximate surface area is 114 Å². The van der Waals surface area contributed by atoms with Gasteiger partial charge in [-0.2, -0.15) is 0 Å². The molecule has 106 valence electrons. The van der Waals surface area contributed by atoms with Crippen LogP contribution in [0.1, 0.15) is 78.1 Å². The third-order valence-electron chi connectivity index (χ3n) is 5.29. The van der Waals surface area contributed by atoms with Crippen LogP contribution in [0.5, 0.6) is 0 Å². The summed E-state index contributed by atoms with van der Waals surface area (Å²) in [6, 6.07) is 0.830. The van der Waals surface area contributed by atoms with E-state index in [1.54, 1.807) is 0 Å². The van der Waals surface area contributed by atoms with Crippen LogP contribution in [0.3, 0.4) is 0 Å². The second-order valence-electron chi connectivity index (χ2n) is 7.19. The Morgan fingerprint density at radius 3 is 2.44 bits per heavy atom. The topological polar surface area (TPSA) is 12.0 Å². The molecule has 2 aliphatic rings. The second kappa shape index (κ2) is 7.53. The van der Waals surface area contributed by atoms with Crippen LogP contribution < -0.4 is 5.32 Å². The molecule has 0 heterocycles. The van der Waals surface area contributed by atoms with Gasteiger partial charge in [-0.3, -0.25) is 0 Å². The van der Waals surface area contributed by atoms with Crippen molar-refractivity contribution in [1.82, 2.24) is 5.32 Å². The first kappa shape index (κ1) is 14.4. The average molecular weight is 251 g/mol. The van der Waals surface area contributed by atoms with Gasteiger partial charge in [0.25, 0.3) is 0 Å². The molecule has 1 heteroatoms. The molecule has 2 rings (SSSR count). The van der Waals surface area contributed by atoms with E-state index in [9.17, 15) is 0 Å². The normalized spacial score (nSPS) is 38.3. The van der Waals surface area contributed by atoms with Crippen LogP contribution in [-0.4, -0.2) is 12.6 Å². The number of hydrogen-bond acceptors (Lipinski definition) is 1. The first-order valence-corrected chi connectivity index (χ1v) is 8.47. The SMILES string of the molecule is CC1CCCC(NCCC2CCCC(C)C2)CC1. The summed E-state index contributed by atoms with van der Waals surface area (Å²) in [5.74, 6) is 2.98. The fraction of sp³-hybridized carbons (Fsp3) is 1.00. The monoisotopic (exact) mass is 251 g/mol. The van der Waals surface area contributed by atoms with Crippen molar-refractivity contribution >= 4 is 0 Å². The van der Waals surface area contributed by atoms with Crippen molar-refractivity contribution < 1.29 is 0 Å². The van der Waals surface area contributed by atoms with E-state index in [1.165, 1.54) is 70.8 Å². The zero-order valence-electron chi connectivity index (χ0n) is 12.6. The summed E-state index contributed by atoms with van der Waals surface area (Å²) in [5, 5.41) is 3.84. The molecule has 1 nitrogen and oxygen atoms in total. The summed E-state index contributed by atoms with van der Waals surface area (Å²) < 4.78 is 0. The van der Waals surface area contributed by atoms with Gasteiger partial charge in [-0.15, -0.1) is 0 Å². The van der Waals surface area contributed by atoms with E-state index >= 15 is 0 Å². The minimum Gasteiger partial charge on any atom is -0.314 e. The summed E-state index contributed by atoms with van der Waals surface area (Å²) in [6.07, 6.45) is 14.5. The van der Waals surface area contributed by atoms with Gasteiger partial charge in [0.15, 0.2) is 0 Å². The van der Waals surface area contributed by atoms with Gasteiger partial charge >= 0.3 is 0 Å². The molecule has 4 atom stereocenters. The molecule has 2 saturated carbocycles. The lowest BCUT2D eigenvalue weighted by Crippen LogP contribution is -2.31. The Hall–Kier alpha value is -0.0400. The summed E-state index contributed by atoms with van der Waals surface area (Å²) in [7, 11) is 0. The number of rotatable bonds is 4. The predicted molar refractivity (Wildman–Crippen MR) is 79.8 cm³/mol. The zero-order chi connectivity index (χ0) is 12.8. The Bertz CT molecular complexity index is 226. The second-order valence-corrected chi connectivity index (χ2v) is 7.19. The molecule has 0 radical (unpaired) electrons. The number of nitrogens with one attached hydrogen (secondary N) is 1. The number of hydrogen-bond donors (Lipinski definition) is 1. The van der Waals surface area contributed by atoms with Gasteiger partial charge in [0.05, 0.1) is 0 Å². The summed E-state index contributed by atoms with van der Waals surface area (Å²) in [4.78, 5) is 0. The van der Waals surface area contributed by atoms with Crippen LogP contribution in [0.15, 0.2) is 0 Å². The van der Waals surface area contributed by atoms with Gasteiger partial charge in [0.1, 0.15) is 0 Å². The maximum absolute atomic E-state index is 3.84. The highest BCUT2D eigenvalue weighted by Gasteiger charge is 2.19. The largest absolute Gasteiger partial charge is 0.314 e. The lowest BCUT2D eigenvalue weighted by Gasteiger charge is -2.27. The molecule has 0 spiro atoms. The maximum atomic E-state index is 3.84. The molecule has 0 amide bonds. The zero-order valence-corrected chi connectivity index (χ0v) is 12.6. The molecule has 0 aliphatic heterocycles. The van der Waals surface area contributed by atoms with E-state index < -0.39 is 0 Å². The maximum Gasteiger partial charge on any atom is 0.00671 e. The van der Waals surface area contributed by atoms with E-state index in [0.717, 1.165) is 23.8 Å². The lowest BCUT2D eigenvalue weighted by atomic mass is 9.81. The van der Waals surface area contributed by atoms with Gasteiger partial charge < -0.3 is 5.32 Å². The fourth-order valence-electron chi connectivity index (χ4n) is 4.00. The molecule has 1 N–H and O–H groups in total. The van der Waals surface area contributed by atoms with Crippen LogP contribution in [0.2, 0.25) is 0 Å². The molecule has 0 saturated heterocycles. The first-order chi connectivity index (χ1) is 8.74. The Morgan fingerprint density at radius 2 is 1.61 bits per heavy atom. The van der Waals surface area contributed by atoms with Gasteiger partial charge in [0, 0.05) is 6.04 Å². The van der Waals surface area contributed by atoms with Crippen molar-refractivity contribution in [3.63, 3.8) is 0 Å². The first-order valence-electron chi connectivity index (χ1n) is 8.47. The fourth-order valence-corrected chi connectivity index (χ4v) is 4.00. The molecule has 2 fully saturated rings. The Morgan fingerprint density at radius 1 is 0.833 bits per heavy atom. The van der Waals surface area contributed by atoms with Crippen LogP contribution in [0.25, 0.3) is 0 Å². The highest BCUT2D eigenvalue weighted by Crippen LogP contribution is 2.30. The highest BCUT2D eigenvalue weighted by molar-refractivity contribution is 4.75. The lowest BCUT2D eigenvalue weighted by molar-refractivity contribution is 0.263. The van der Waals surface area contributed by atoms with Crippen LogP contribution in [0, 0.1) is 17.8 Å². The van der Waals surface area contributed by atoms with E-state index in [0.29, 0.717) is 0 Å². The molecule has 18 heavy (non-hydrogen) atoms. The van der Waals surface area contributed by atoms with Crippen LogP contribution in [0.4, 0.5) is 0 Å². The van der Waals surface area contributed by atoms with Crippen LogP contribution in [-0.2, 0) is 0 Å². The Kier molecular flexibility index (Phi) is 6.01. The van der Waals surface area contributed by atoms with Crippen molar-refractivity contribution in [2.24, 2.45) is 17.8 Å². The highest BCUT2D eigenvalue weighted by atomic mass is 14.9. The molecular weight excluding hydrogens is 218 g/mol. The molecule has 0 aromatic carbocycles. The van der Waals surface area contributed by atoms with Crippen molar-refractivity contribution in [3.05, 3.63) is 0 Å². The minimum absolute atomic E-state index is 0.830. The van der Waals surface area contributed by atoms with Crippen molar-refractivity contribution in [1.29, 1.82) is 0 Å². The molecule has 0 aromatic heterocycles. The van der Waals surface area contributed by atoms with Gasteiger partial charge in [-0.1, -0.05) is 46.0 Å². The standard InChI is InChI=1S/C17H33N/c1-14-5-4-8-17(10-9-14)18-12-11-16-7-3-6-15(2)13-16/h14-18H,3-13H2,1-2H3. The Balaban J connectivity index is 1.59. The van der Waals surface area contributed by atoms with E-state index in [-0.39, 0.29) is 0 Å². The molecular formula is C17H33N. The third-order valence-corrected chi connectivity index (χ3v) is 5.29. The van der Waals surface area contributed by atoms with Gasteiger partial charge in [-0.05, 0) is 56.4 Å².